The first-order valence-electron chi connectivity index (χ1n) is 9.21. The Kier molecular flexibility index (Phi) is 7.44. The lowest BCUT2D eigenvalue weighted by molar-refractivity contribution is -0.121. The molecule has 2 N–H and O–H groups in total. The van der Waals surface area contributed by atoms with Crippen LogP contribution < -0.4 is 14.9 Å². The van der Waals surface area contributed by atoms with E-state index in [1.54, 1.807) is 17.5 Å². The number of hydrogen-bond donors (Lipinski definition) is 2. The van der Waals surface area contributed by atoms with Crippen LogP contribution in [0.5, 0.6) is 0 Å². The predicted octanol–water partition coefficient (Wildman–Crippen LogP) is 2.64. The second-order valence-corrected chi connectivity index (χ2v) is 9.84. The zero-order valence-corrected chi connectivity index (χ0v) is 18.0. The number of benzene rings is 1. The Morgan fingerprint density at radius 3 is 2.97 bits per heavy atom. The number of rotatable bonds is 8. The van der Waals surface area contributed by atoms with Crippen LogP contribution in [-0.2, 0) is 14.8 Å². The number of nitrogens with one attached hydrogen (secondary N) is 2. The van der Waals surface area contributed by atoms with Crippen molar-refractivity contribution in [2.24, 2.45) is 5.92 Å². The molecule has 1 fully saturated rings. The molecule has 2 heterocycles. The maximum Gasteiger partial charge on any atom is 0.240 e. The molecule has 11 heteroatoms. The summed E-state index contributed by atoms with van der Waals surface area (Å²) in [6.45, 7) is 2.29. The van der Waals surface area contributed by atoms with Crippen LogP contribution in [0.1, 0.15) is 19.3 Å². The van der Waals surface area contributed by atoms with Gasteiger partial charge in [0.15, 0.2) is 5.13 Å². The molecular formula is C18H22ClFN4O3S2. The number of halogens is 2. The molecule has 158 valence electrons. The summed E-state index contributed by atoms with van der Waals surface area (Å²) in [6.07, 6.45) is 3.86. The van der Waals surface area contributed by atoms with Crippen molar-refractivity contribution in [1.29, 1.82) is 0 Å². The minimum atomic E-state index is -3.86. The van der Waals surface area contributed by atoms with E-state index >= 15 is 0 Å². The van der Waals surface area contributed by atoms with E-state index in [4.69, 9.17) is 11.6 Å². The Hall–Kier alpha value is -1.75. The maximum atomic E-state index is 13.2. The van der Waals surface area contributed by atoms with E-state index < -0.39 is 15.8 Å². The van der Waals surface area contributed by atoms with Gasteiger partial charge in [0.1, 0.15) is 5.82 Å². The molecule has 0 bridgehead atoms. The van der Waals surface area contributed by atoms with Crippen LogP contribution in [0, 0.1) is 11.7 Å². The van der Waals surface area contributed by atoms with Crippen LogP contribution in [0.4, 0.5) is 9.52 Å². The Bertz CT molecular complexity index is 941. The molecule has 1 saturated heterocycles. The zero-order chi connectivity index (χ0) is 20.9. The highest BCUT2D eigenvalue weighted by atomic mass is 35.5. The Morgan fingerprint density at radius 2 is 2.24 bits per heavy atom. The molecule has 1 unspecified atom stereocenters. The number of carbonyl (C=O) groups excluding carboxylic acids is 1. The third-order valence-corrected chi connectivity index (χ3v) is 7.22. The van der Waals surface area contributed by atoms with Crippen LogP contribution in [0.25, 0.3) is 0 Å². The van der Waals surface area contributed by atoms with Crippen molar-refractivity contribution in [3.05, 3.63) is 40.6 Å². The first kappa shape index (κ1) is 21.9. The number of aromatic nitrogens is 1. The standard InChI is InChI=1S/C18H22ClFN4O3S2/c19-15-10-14(3-4-16(15)20)29(26,27)23-6-5-17(25)22-11-13-2-1-8-24(12-13)18-21-7-9-28-18/h3-4,7,9-10,13,23H,1-2,5-6,8,11-12H2,(H,22,25). The van der Waals surface area contributed by atoms with Gasteiger partial charge in [0, 0.05) is 44.2 Å². The molecule has 1 aliphatic heterocycles. The van der Waals surface area contributed by atoms with Gasteiger partial charge in [0.2, 0.25) is 15.9 Å². The van der Waals surface area contributed by atoms with E-state index in [1.165, 1.54) is 0 Å². The summed E-state index contributed by atoms with van der Waals surface area (Å²) < 4.78 is 39.9. The third-order valence-electron chi connectivity index (χ3n) is 4.64. The van der Waals surface area contributed by atoms with Crippen molar-refractivity contribution in [3.63, 3.8) is 0 Å². The molecule has 1 atom stereocenters. The molecule has 1 amide bonds. The number of amides is 1. The monoisotopic (exact) mass is 460 g/mol. The fraction of sp³-hybridized carbons (Fsp3) is 0.444. The number of carbonyl (C=O) groups is 1. The molecule has 0 aliphatic carbocycles. The number of thiazole rings is 1. The van der Waals surface area contributed by atoms with Crippen LogP contribution in [0.2, 0.25) is 5.02 Å². The van der Waals surface area contributed by atoms with E-state index in [0.717, 1.165) is 49.3 Å². The Morgan fingerprint density at radius 1 is 1.41 bits per heavy atom. The fourth-order valence-corrected chi connectivity index (χ4v) is 5.13. The van der Waals surface area contributed by atoms with Crippen LogP contribution >= 0.6 is 22.9 Å². The summed E-state index contributed by atoms with van der Waals surface area (Å²) in [5.41, 5.74) is 0. The third kappa shape index (κ3) is 6.11. The lowest BCUT2D eigenvalue weighted by atomic mass is 9.98. The van der Waals surface area contributed by atoms with Crippen molar-refractivity contribution in [3.8, 4) is 0 Å². The summed E-state index contributed by atoms with van der Waals surface area (Å²) >= 11 is 7.23. The topological polar surface area (TPSA) is 91.4 Å². The minimum absolute atomic E-state index is 0.0110. The van der Waals surface area contributed by atoms with Crippen molar-refractivity contribution in [1.82, 2.24) is 15.0 Å². The Labute approximate surface area is 178 Å². The van der Waals surface area contributed by atoms with Crippen LogP contribution in [-0.4, -0.2) is 45.5 Å². The van der Waals surface area contributed by atoms with Gasteiger partial charge >= 0.3 is 0 Å². The van der Waals surface area contributed by atoms with Crippen LogP contribution in [0.3, 0.4) is 0 Å². The number of nitrogens with zero attached hydrogens (tertiary/aromatic N) is 2. The summed E-state index contributed by atoms with van der Waals surface area (Å²) in [7, 11) is -3.86. The zero-order valence-electron chi connectivity index (χ0n) is 15.6. The quantitative estimate of drug-likeness (QED) is 0.632. The Balaban J connectivity index is 1.41. The van der Waals surface area contributed by atoms with Crippen molar-refractivity contribution in [2.45, 2.75) is 24.2 Å². The van der Waals surface area contributed by atoms with E-state index in [0.29, 0.717) is 12.5 Å². The van der Waals surface area contributed by atoms with Gasteiger partial charge in [0.05, 0.1) is 9.92 Å². The molecule has 7 nitrogen and oxygen atoms in total. The van der Waals surface area contributed by atoms with Gasteiger partial charge in [-0.3, -0.25) is 4.79 Å². The molecular weight excluding hydrogens is 439 g/mol. The van der Waals surface area contributed by atoms with E-state index in [9.17, 15) is 17.6 Å². The minimum Gasteiger partial charge on any atom is -0.356 e. The summed E-state index contributed by atoms with van der Waals surface area (Å²) in [4.78, 5) is 18.5. The fourth-order valence-electron chi connectivity index (χ4n) is 3.15. The summed E-state index contributed by atoms with van der Waals surface area (Å²) in [6, 6.07) is 3.15. The average molecular weight is 461 g/mol. The molecule has 1 aromatic carbocycles. The van der Waals surface area contributed by atoms with Crippen molar-refractivity contribution >= 4 is 44.0 Å². The summed E-state index contributed by atoms with van der Waals surface area (Å²) in [5.74, 6) is -0.591. The van der Waals surface area contributed by atoms with Crippen molar-refractivity contribution in [2.75, 3.05) is 31.1 Å². The highest BCUT2D eigenvalue weighted by Crippen LogP contribution is 2.24. The highest BCUT2D eigenvalue weighted by molar-refractivity contribution is 7.89. The molecule has 1 aromatic heterocycles. The molecule has 0 saturated carbocycles. The SMILES string of the molecule is O=C(CCNS(=O)(=O)c1ccc(F)c(Cl)c1)NCC1CCCN(c2nccs2)C1. The van der Waals surface area contributed by atoms with Gasteiger partial charge in [-0.1, -0.05) is 11.6 Å². The predicted molar refractivity (Wildman–Crippen MR) is 111 cm³/mol. The van der Waals surface area contributed by atoms with Gasteiger partial charge in [-0.15, -0.1) is 11.3 Å². The van der Waals surface area contributed by atoms with E-state index in [2.05, 4.69) is 19.9 Å². The molecule has 2 aromatic rings. The first-order chi connectivity index (χ1) is 13.8. The van der Waals surface area contributed by atoms with Gasteiger partial charge in [-0.2, -0.15) is 0 Å². The first-order valence-corrected chi connectivity index (χ1v) is 11.9. The molecule has 0 spiro atoms. The number of sulfonamides is 1. The smallest absolute Gasteiger partial charge is 0.240 e. The second kappa shape index (κ2) is 9.84. The van der Waals surface area contributed by atoms with Crippen molar-refractivity contribution < 1.29 is 17.6 Å². The molecule has 3 rings (SSSR count). The molecule has 0 radical (unpaired) electrons. The lowest BCUT2D eigenvalue weighted by Gasteiger charge is -2.32. The van der Waals surface area contributed by atoms with E-state index in [1.807, 2.05) is 5.38 Å². The molecule has 29 heavy (non-hydrogen) atoms. The number of hydrogen-bond acceptors (Lipinski definition) is 6. The summed E-state index contributed by atoms with van der Waals surface area (Å²) in [5, 5.41) is 5.54. The average Bonchev–Trinajstić information content (AvgIpc) is 3.23. The number of anilines is 1. The maximum absolute atomic E-state index is 13.2. The number of piperidine rings is 1. The van der Waals surface area contributed by atoms with Gasteiger partial charge in [-0.25, -0.2) is 22.5 Å². The molecule has 1 aliphatic rings. The largest absolute Gasteiger partial charge is 0.356 e. The normalized spacial score (nSPS) is 17.3. The second-order valence-electron chi connectivity index (χ2n) is 6.80. The van der Waals surface area contributed by atoms with Gasteiger partial charge < -0.3 is 10.2 Å². The van der Waals surface area contributed by atoms with E-state index in [-0.39, 0.29) is 28.8 Å². The highest BCUT2D eigenvalue weighted by Gasteiger charge is 2.22. The lowest BCUT2D eigenvalue weighted by Crippen LogP contribution is -2.41. The van der Waals surface area contributed by atoms with Crippen LogP contribution in [0.15, 0.2) is 34.7 Å². The van der Waals surface area contributed by atoms with Gasteiger partial charge in [-0.05, 0) is 37.0 Å². The van der Waals surface area contributed by atoms with Gasteiger partial charge in [0.25, 0.3) is 0 Å².